The van der Waals surface area contributed by atoms with Gasteiger partial charge in [-0.05, 0) is 79.6 Å². The first-order valence-corrected chi connectivity index (χ1v) is 16.0. The van der Waals surface area contributed by atoms with Crippen molar-refractivity contribution in [2.45, 2.75) is 65.0 Å². The van der Waals surface area contributed by atoms with E-state index in [0.717, 1.165) is 37.1 Å². The molecule has 0 spiro atoms. The van der Waals surface area contributed by atoms with E-state index in [0.29, 0.717) is 47.3 Å². The average Bonchev–Trinajstić information content (AvgIpc) is 3.06. The fourth-order valence-electron chi connectivity index (χ4n) is 5.74. The molecule has 11 nitrogen and oxygen atoms in total. The summed E-state index contributed by atoms with van der Waals surface area (Å²) >= 11 is 0. The van der Waals surface area contributed by atoms with Crippen molar-refractivity contribution in [1.29, 1.82) is 21.5 Å². The van der Waals surface area contributed by atoms with Crippen LogP contribution in [0.5, 0.6) is 5.75 Å². The minimum Gasteiger partial charge on any atom is -0.484 e. The van der Waals surface area contributed by atoms with Gasteiger partial charge in [0.15, 0.2) is 0 Å². The number of aromatic nitrogens is 1. The lowest BCUT2D eigenvalue weighted by molar-refractivity contribution is 0.170. The maximum atomic E-state index is 13.4. The van der Waals surface area contributed by atoms with E-state index in [1.807, 2.05) is 49.9 Å². The van der Waals surface area contributed by atoms with Gasteiger partial charge < -0.3 is 25.7 Å². The maximum Gasteiger partial charge on any atom is 0.320 e. The van der Waals surface area contributed by atoms with Gasteiger partial charge in [0.1, 0.15) is 23.2 Å². The molecule has 3 aromatic rings. The average molecular weight is 634 g/mol. The van der Waals surface area contributed by atoms with Crippen molar-refractivity contribution in [2.75, 3.05) is 18.4 Å². The Balaban J connectivity index is 1.30. The molecule has 5 rings (SSSR count). The zero-order valence-corrected chi connectivity index (χ0v) is 27.2. The maximum absolute atomic E-state index is 13.4. The Labute approximate surface area is 275 Å². The highest BCUT2D eigenvalue weighted by Gasteiger charge is 2.30. The predicted molar refractivity (Wildman–Crippen MR) is 182 cm³/mol. The molecule has 11 heteroatoms. The van der Waals surface area contributed by atoms with Gasteiger partial charge in [-0.2, -0.15) is 5.26 Å². The van der Waals surface area contributed by atoms with Crippen LogP contribution in [0, 0.1) is 33.0 Å². The first-order chi connectivity index (χ1) is 22.5. The quantitative estimate of drug-likeness (QED) is 0.131. The van der Waals surface area contributed by atoms with Gasteiger partial charge in [0.05, 0.1) is 23.9 Å². The van der Waals surface area contributed by atoms with Crippen LogP contribution < -0.4 is 26.2 Å². The molecule has 1 fully saturated rings. The Morgan fingerprint density at radius 1 is 0.979 bits per heavy atom. The second-order valence-electron chi connectivity index (χ2n) is 13.0. The van der Waals surface area contributed by atoms with Crippen molar-refractivity contribution < 1.29 is 9.53 Å². The highest BCUT2D eigenvalue weighted by atomic mass is 16.5. The van der Waals surface area contributed by atoms with Crippen LogP contribution in [-0.4, -0.2) is 40.3 Å². The molecule has 1 saturated heterocycles. The number of nitrogens with zero attached hydrogens (tertiary/aromatic N) is 3. The molecular weight excluding hydrogens is 590 g/mol. The second-order valence-corrected chi connectivity index (χ2v) is 13.0. The van der Waals surface area contributed by atoms with Crippen molar-refractivity contribution in [3.05, 3.63) is 101 Å². The zero-order valence-electron chi connectivity index (χ0n) is 27.2. The first kappa shape index (κ1) is 33.0. The fraction of sp³-hybridized carbons (Fsp3) is 0.361. The van der Waals surface area contributed by atoms with Gasteiger partial charge in [0, 0.05) is 36.0 Å². The van der Waals surface area contributed by atoms with Crippen LogP contribution in [0.1, 0.15) is 81.7 Å². The number of rotatable bonds is 7. The number of ether oxygens (including phenoxy) is 1. The Bertz CT molecular complexity index is 1760. The van der Waals surface area contributed by atoms with E-state index < -0.39 is 11.4 Å². The largest absolute Gasteiger partial charge is 0.484 e. The number of allylic oxidation sites excluding steroid dienone is 1. The number of benzene rings is 2. The van der Waals surface area contributed by atoms with Gasteiger partial charge in [0.25, 0.3) is 0 Å². The van der Waals surface area contributed by atoms with E-state index in [9.17, 15) is 4.79 Å². The molecule has 0 bridgehead atoms. The van der Waals surface area contributed by atoms with Crippen LogP contribution in [0.2, 0.25) is 0 Å². The molecule has 1 aromatic heterocycles. The van der Waals surface area contributed by atoms with Gasteiger partial charge in [-0.25, -0.2) is 4.79 Å². The van der Waals surface area contributed by atoms with Crippen LogP contribution in [-0.2, 0) is 0 Å². The lowest BCUT2D eigenvalue weighted by Gasteiger charge is -2.33. The number of carbonyl (C=O) groups is 1. The Morgan fingerprint density at radius 3 is 2.36 bits per heavy atom. The summed E-state index contributed by atoms with van der Waals surface area (Å²) in [6, 6.07) is 19.6. The summed E-state index contributed by atoms with van der Waals surface area (Å²) < 4.78 is 8.05. The molecule has 0 radical (unpaired) electrons. The smallest absolute Gasteiger partial charge is 0.320 e. The molecule has 1 aliphatic carbocycles. The summed E-state index contributed by atoms with van der Waals surface area (Å²) in [6.45, 7) is 7.43. The zero-order chi connectivity index (χ0) is 33.6. The minimum atomic E-state index is -0.429. The van der Waals surface area contributed by atoms with Crippen molar-refractivity contribution in [3.63, 3.8) is 0 Å². The lowest BCUT2D eigenvalue weighted by atomic mass is 9.85. The first-order valence-electron chi connectivity index (χ1n) is 16.0. The summed E-state index contributed by atoms with van der Waals surface area (Å²) in [6.07, 6.45) is 7.61. The Kier molecular flexibility index (Phi) is 10.1. The van der Waals surface area contributed by atoms with E-state index in [2.05, 4.69) is 22.0 Å². The monoisotopic (exact) mass is 633 g/mol. The van der Waals surface area contributed by atoms with Gasteiger partial charge in [-0.1, -0.05) is 45.0 Å². The van der Waals surface area contributed by atoms with Crippen molar-refractivity contribution in [3.8, 4) is 11.8 Å². The highest BCUT2D eigenvalue weighted by molar-refractivity contribution is 5.97. The summed E-state index contributed by atoms with van der Waals surface area (Å²) in [4.78, 5) is 15.4. The third-order valence-electron chi connectivity index (χ3n) is 8.46. The van der Waals surface area contributed by atoms with Crippen molar-refractivity contribution >= 4 is 23.4 Å². The number of anilines is 1. The standard InChI is InChI=1S/C36H43N9O2/c1-36(2,3)31(38)21-33(41-25-13-11-24(22-37)12-14-25)43-35(46)42-29-16-17-30(28-10-6-5-9-27(28)29)47-26-15-18-32(39)45(23-26)34(40)44-19-7-4-8-20-44/h5-6,9-15,18,21,23,29-30,38-41H,4,7-8,16-17,19-20H2,1-3H3,(H2,42,43,46)/b33-21+,38-31?,39-32?,40-34?/t29-,30+/m0/s1. The lowest BCUT2D eigenvalue weighted by Crippen LogP contribution is -2.43. The highest BCUT2D eigenvalue weighted by Crippen LogP contribution is 2.38. The number of fused-ring (bicyclic) bond motifs is 1. The van der Waals surface area contributed by atoms with Gasteiger partial charge in [0.2, 0.25) is 5.96 Å². The molecule has 0 unspecified atom stereocenters. The second kappa shape index (κ2) is 14.4. The van der Waals surface area contributed by atoms with Gasteiger partial charge >= 0.3 is 6.03 Å². The van der Waals surface area contributed by atoms with Crippen LogP contribution in [0.25, 0.3) is 0 Å². The molecule has 2 aromatic carbocycles. The van der Waals surface area contributed by atoms with Crippen molar-refractivity contribution in [2.24, 2.45) is 5.41 Å². The van der Waals surface area contributed by atoms with Crippen LogP contribution in [0.4, 0.5) is 10.5 Å². The van der Waals surface area contributed by atoms with Crippen LogP contribution in [0.3, 0.4) is 0 Å². The third-order valence-corrected chi connectivity index (χ3v) is 8.46. The molecular formula is C36H43N9O2. The van der Waals surface area contributed by atoms with Gasteiger partial charge in [-0.15, -0.1) is 0 Å². The van der Waals surface area contributed by atoms with E-state index >= 15 is 0 Å². The molecule has 2 amide bonds. The molecule has 2 heterocycles. The molecule has 6 N–H and O–H groups in total. The number of likely N-dealkylation sites (tertiary alicyclic amines) is 1. The SMILES string of the molecule is CC(C)(C)C(=N)/C=C(/NC(=O)N[C@H]1CC[C@@H](Oc2ccc(=N)n(C(=N)N3CCCCC3)c2)c2ccccc21)Nc1ccc(C#N)cc1. The molecule has 2 aliphatic rings. The number of hydrogen-bond acceptors (Lipinski definition) is 7. The van der Waals surface area contributed by atoms with E-state index in [1.165, 1.54) is 6.42 Å². The number of nitriles is 1. The topological polar surface area (TPSA) is 166 Å². The summed E-state index contributed by atoms with van der Waals surface area (Å²) in [5.74, 6) is 1.22. The molecule has 47 heavy (non-hydrogen) atoms. The van der Waals surface area contributed by atoms with Gasteiger partial charge in [-0.3, -0.25) is 20.7 Å². The normalized spacial score (nSPS) is 17.9. The summed E-state index contributed by atoms with van der Waals surface area (Å²) in [5, 5.41) is 44.0. The molecule has 2 atom stereocenters. The number of carbonyl (C=O) groups excluding carboxylic acids is 1. The minimum absolute atomic E-state index is 0.229. The molecule has 1 aliphatic heterocycles. The van der Waals surface area contributed by atoms with Crippen LogP contribution >= 0.6 is 0 Å². The molecule has 0 saturated carbocycles. The van der Waals surface area contributed by atoms with Crippen molar-refractivity contribution in [1.82, 2.24) is 20.1 Å². The third kappa shape index (κ3) is 8.27. The summed E-state index contributed by atoms with van der Waals surface area (Å²) in [7, 11) is 0. The van der Waals surface area contributed by atoms with E-state index in [1.54, 1.807) is 53.2 Å². The Hall–Kier alpha value is -5.37. The number of amides is 2. The number of urea groups is 1. The van der Waals surface area contributed by atoms with Crippen LogP contribution in [0.15, 0.2) is 78.8 Å². The Morgan fingerprint density at radius 2 is 1.68 bits per heavy atom. The van der Waals surface area contributed by atoms with E-state index in [4.69, 9.17) is 26.2 Å². The predicted octanol–water partition coefficient (Wildman–Crippen LogP) is 6.38. The number of nitrogens with one attached hydrogen (secondary N) is 6. The number of piperidine rings is 1. The number of pyridine rings is 1. The fourth-order valence-corrected chi connectivity index (χ4v) is 5.74. The molecule has 244 valence electrons. The summed E-state index contributed by atoms with van der Waals surface area (Å²) in [5.41, 5.74) is 3.26. The number of hydrogen-bond donors (Lipinski definition) is 6. The van der Waals surface area contributed by atoms with E-state index in [-0.39, 0.29) is 17.6 Å².